The van der Waals surface area contributed by atoms with Crippen LogP contribution in [0.3, 0.4) is 0 Å². The predicted octanol–water partition coefficient (Wildman–Crippen LogP) is 5.34. The second-order valence-electron chi connectivity index (χ2n) is 18.4. The van der Waals surface area contributed by atoms with Gasteiger partial charge in [-0.25, -0.2) is 24.8 Å². The molecule has 0 aliphatic carbocycles. The van der Waals surface area contributed by atoms with Crippen LogP contribution in [0.25, 0.3) is 21.8 Å². The summed E-state index contributed by atoms with van der Waals surface area (Å²) < 4.78 is 71.2. The summed E-state index contributed by atoms with van der Waals surface area (Å²) in [6.45, 7) is 7.28. The van der Waals surface area contributed by atoms with Crippen LogP contribution in [0.4, 0.5) is 13.2 Å². The van der Waals surface area contributed by atoms with Crippen LogP contribution in [-0.4, -0.2) is 145 Å². The van der Waals surface area contributed by atoms with Crippen LogP contribution in [0.2, 0.25) is 0 Å². The molecule has 1 aliphatic rings. The van der Waals surface area contributed by atoms with Crippen molar-refractivity contribution < 1.29 is 66.3 Å². The first-order valence-corrected chi connectivity index (χ1v) is 24.8. The van der Waals surface area contributed by atoms with Gasteiger partial charge in [0, 0.05) is 43.0 Å². The number of benzene rings is 3. The molecule has 4 atom stereocenters. The van der Waals surface area contributed by atoms with E-state index in [1.807, 2.05) is 31.2 Å². The number of aromatic nitrogens is 3. The third-order valence-electron chi connectivity index (χ3n) is 11.9. The minimum absolute atomic E-state index is 0.0410. The molecule has 4 amide bonds. The minimum Gasteiger partial charge on any atom is -0.391 e. The lowest BCUT2D eigenvalue weighted by molar-refractivity contribution is -0.144. The molecule has 1 unspecified atom stereocenters. The summed E-state index contributed by atoms with van der Waals surface area (Å²) in [5.74, 6) is -7.28. The number of carbonyl (C=O) groups is 4. The van der Waals surface area contributed by atoms with E-state index in [1.165, 1.54) is 35.2 Å². The van der Waals surface area contributed by atoms with Gasteiger partial charge in [-0.2, -0.15) is 8.78 Å². The first-order valence-electron chi connectivity index (χ1n) is 23.9. The highest BCUT2D eigenvalue weighted by Crippen LogP contribution is 2.32. The summed E-state index contributed by atoms with van der Waals surface area (Å²) in [4.78, 5) is 67.5. The number of β-amino-alcohol motifs (C(OH)–C–C–N with tert-alkyl or cyclic N) is 1. The van der Waals surface area contributed by atoms with Gasteiger partial charge in [-0.1, -0.05) is 87.5 Å². The van der Waals surface area contributed by atoms with Crippen molar-refractivity contribution in [3.8, 4) is 21.8 Å². The van der Waals surface area contributed by atoms with Gasteiger partial charge in [0.15, 0.2) is 5.82 Å². The minimum atomic E-state index is -3.40. The predicted molar refractivity (Wildman–Crippen MR) is 265 cm³/mol. The number of amides is 4. The van der Waals surface area contributed by atoms with Crippen molar-refractivity contribution >= 4 is 35.0 Å². The molecule has 0 bridgehead atoms. The maximum atomic E-state index is 14.9. The number of alkyl halides is 2. The zero-order valence-electron chi connectivity index (χ0n) is 41.6. The summed E-state index contributed by atoms with van der Waals surface area (Å²) >= 11 is 1.55. The highest BCUT2D eigenvalue weighted by Gasteiger charge is 2.44. The number of aryl methyl sites for hydroxylation is 1. The number of nitrogens with zero attached hydrogens (tertiary/aromatic N) is 4. The quantitative estimate of drug-likeness (QED) is 0.0254. The summed E-state index contributed by atoms with van der Waals surface area (Å²) in [5.41, 5.74) is 5.89. The number of aliphatic hydroxyl groups is 1. The molecule has 5 aromatic rings. The Morgan fingerprint density at radius 2 is 1.41 bits per heavy atom. The first kappa shape index (κ1) is 57.0. The Morgan fingerprint density at radius 3 is 1.99 bits per heavy atom. The standard InChI is InChI=1S/C52H62F3N7O11S/c1-33-45(74-32-59-33)36-11-9-34(10-12-36)26-58-48(65)42-25-39(63)29-62(42)50(67)46(51(2,3)4)60-43(64)30-72-23-21-70-19-17-69-18-20-71-22-24-73-31-52(54,55)38-27-56-47(57-28-38)37-15-13-35(14-16-37)44(49(66)61-68)40-7-5-6-8-41(40)53/h5-16,27-28,32,39,42,44,46,63,68H,17-26,29-31H2,1-4H3,(H,58,65)(H,60,64)(H,61,66)/t39-,42+,44?,46-/m1/s1. The Morgan fingerprint density at radius 1 is 0.811 bits per heavy atom. The average molecular weight is 1050 g/mol. The third kappa shape index (κ3) is 16.1. The number of carbonyl (C=O) groups excluding carboxylic acids is 4. The van der Waals surface area contributed by atoms with E-state index in [-0.39, 0.29) is 90.4 Å². The van der Waals surface area contributed by atoms with Crippen molar-refractivity contribution in [2.24, 2.45) is 5.41 Å². The van der Waals surface area contributed by atoms with Gasteiger partial charge in [-0.3, -0.25) is 24.4 Å². The van der Waals surface area contributed by atoms with Gasteiger partial charge >= 0.3 is 0 Å². The average Bonchev–Trinajstić information content (AvgIpc) is 4.01. The molecule has 1 fully saturated rings. The molecule has 0 spiro atoms. The lowest BCUT2D eigenvalue weighted by Crippen LogP contribution is -2.58. The largest absolute Gasteiger partial charge is 0.391 e. The SMILES string of the molecule is Cc1ncsc1-c1ccc(CNC(=O)[C@@H]2C[C@@H](O)CN2C(=O)[C@@H](NC(=O)COCCOCCOCCOCCOCC(F)(F)c2cnc(-c3ccc(C(C(=O)NO)c4ccccc4F)cc3)nc2)C(C)(C)C)cc1. The molecule has 74 heavy (non-hydrogen) atoms. The molecule has 0 radical (unpaired) electrons. The molecular formula is C52H62F3N7O11S. The number of halogens is 3. The van der Waals surface area contributed by atoms with Gasteiger partial charge in [0.25, 0.3) is 11.8 Å². The van der Waals surface area contributed by atoms with Crippen LogP contribution in [0.5, 0.6) is 0 Å². The Balaban J connectivity index is 0.800. The number of likely N-dealkylation sites (tertiary alicyclic amines) is 1. The van der Waals surface area contributed by atoms with Crippen molar-refractivity contribution in [1.82, 2.24) is 36.0 Å². The van der Waals surface area contributed by atoms with Crippen molar-refractivity contribution in [3.63, 3.8) is 0 Å². The number of hydrogen-bond donors (Lipinski definition) is 5. The molecule has 0 saturated carbocycles. The summed E-state index contributed by atoms with van der Waals surface area (Å²) in [7, 11) is 0. The smallest absolute Gasteiger partial charge is 0.299 e. The highest BCUT2D eigenvalue weighted by atomic mass is 32.1. The maximum Gasteiger partial charge on any atom is 0.299 e. The fourth-order valence-electron chi connectivity index (χ4n) is 7.95. The number of aliphatic hydroxyl groups excluding tert-OH is 1. The Hall–Kier alpha value is -6.24. The monoisotopic (exact) mass is 1050 g/mol. The van der Waals surface area contributed by atoms with E-state index < -0.39 is 77.1 Å². The molecule has 1 aliphatic heterocycles. The van der Waals surface area contributed by atoms with Gasteiger partial charge in [0.05, 0.1) is 86.5 Å². The third-order valence-corrected chi connectivity index (χ3v) is 12.9. The zero-order chi connectivity index (χ0) is 53.3. The number of thiazole rings is 1. The fourth-order valence-corrected chi connectivity index (χ4v) is 8.76. The van der Waals surface area contributed by atoms with E-state index in [2.05, 4.69) is 25.6 Å². The van der Waals surface area contributed by atoms with Gasteiger partial charge in [0.2, 0.25) is 17.7 Å². The second-order valence-corrected chi connectivity index (χ2v) is 19.3. The number of rotatable bonds is 27. The number of nitrogens with one attached hydrogen (secondary N) is 3. The van der Waals surface area contributed by atoms with Crippen LogP contribution in [0, 0.1) is 18.2 Å². The van der Waals surface area contributed by atoms with E-state index in [4.69, 9.17) is 23.7 Å². The highest BCUT2D eigenvalue weighted by molar-refractivity contribution is 7.13. The Kier molecular flexibility index (Phi) is 21.1. The van der Waals surface area contributed by atoms with E-state index in [0.29, 0.717) is 11.1 Å². The van der Waals surface area contributed by atoms with Crippen LogP contribution < -0.4 is 16.1 Å². The van der Waals surface area contributed by atoms with Crippen LogP contribution >= 0.6 is 11.3 Å². The van der Waals surface area contributed by atoms with Crippen molar-refractivity contribution in [2.75, 3.05) is 72.6 Å². The summed E-state index contributed by atoms with van der Waals surface area (Å²) in [5, 5.41) is 25.4. The van der Waals surface area contributed by atoms with Gasteiger partial charge in [-0.15, -0.1) is 11.3 Å². The van der Waals surface area contributed by atoms with Gasteiger partial charge < -0.3 is 44.3 Å². The molecule has 22 heteroatoms. The van der Waals surface area contributed by atoms with Gasteiger partial charge in [-0.05, 0) is 35.1 Å². The topological polar surface area (TPSA) is 233 Å². The van der Waals surface area contributed by atoms with E-state index in [9.17, 15) is 42.7 Å². The van der Waals surface area contributed by atoms with Gasteiger partial charge in [0.1, 0.15) is 31.1 Å². The fraction of sp³-hybridized carbons (Fsp3) is 0.442. The maximum absolute atomic E-state index is 14.9. The number of hydroxylamine groups is 1. The molecule has 5 N–H and O–H groups in total. The molecule has 18 nitrogen and oxygen atoms in total. The number of hydrogen-bond acceptors (Lipinski definition) is 15. The molecule has 3 heterocycles. The zero-order valence-corrected chi connectivity index (χ0v) is 42.4. The van der Waals surface area contributed by atoms with Crippen LogP contribution in [0.15, 0.2) is 90.7 Å². The Bertz CT molecular complexity index is 2600. The second kappa shape index (κ2) is 27.3. The lowest BCUT2D eigenvalue weighted by Gasteiger charge is -2.35. The molecular weight excluding hydrogens is 988 g/mol. The molecule has 6 rings (SSSR count). The van der Waals surface area contributed by atoms with Crippen LogP contribution in [0.1, 0.15) is 61.1 Å². The molecule has 1 saturated heterocycles. The van der Waals surface area contributed by atoms with E-state index in [1.54, 1.807) is 61.3 Å². The normalized spacial score (nSPS) is 15.7. The van der Waals surface area contributed by atoms with Crippen molar-refractivity contribution in [3.05, 3.63) is 124 Å². The summed E-state index contributed by atoms with van der Waals surface area (Å²) in [6, 6.07) is 17.7. The van der Waals surface area contributed by atoms with Crippen molar-refractivity contribution in [1.29, 1.82) is 0 Å². The first-order chi connectivity index (χ1) is 35.5. The van der Waals surface area contributed by atoms with Crippen LogP contribution in [-0.2, 0) is 55.3 Å². The van der Waals surface area contributed by atoms with E-state index in [0.717, 1.165) is 34.1 Å². The van der Waals surface area contributed by atoms with E-state index >= 15 is 0 Å². The summed E-state index contributed by atoms with van der Waals surface area (Å²) in [6.07, 6.45) is 1.16. The molecule has 3 aromatic carbocycles. The molecule has 2 aromatic heterocycles. The molecule has 398 valence electrons. The number of ether oxygens (including phenoxy) is 5. The Labute approximate surface area is 430 Å². The lowest BCUT2D eigenvalue weighted by atomic mass is 9.85. The van der Waals surface area contributed by atoms with Crippen molar-refractivity contribution in [2.45, 2.75) is 70.7 Å².